The summed E-state index contributed by atoms with van der Waals surface area (Å²) in [5, 5.41) is 2.58. The van der Waals surface area contributed by atoms with Crippen molar-refractivity contribution in [3.05, 3.63) is 59.2 Å². The molecule has 0 radical (unpaired) electrons. The van der Waals surface area contributed by atoms with Gasteiger partial charge in [0.25, 0.3) is 0 Å². The van der Waals surface area contributed by atoms with Crippen LogP contribution in [0.25, 0.3) is 11.1 Å². The highest BCUT2D eigenvalue weighted by Crippen LogP contribution is 2.33. The minimum atomic E-state index is -0.811. The lowest BCUT2D eigenvalue weighted by Gasteiger charge is -2.23. The fourth-order valence-corrected chi connectivity index (χ4v) is 3.42. The molecule has 0 aliphatic heterocycles. The molecule has 5 heteroatoms. The molecule has 0 heterocycles. The van der Waals surface area contributed by atoms with Gasteiger partial charge in [0.1, 0.15) is 11.6 Å². The van der Waals surface area contributed by atoms with Crippen molar-refractivity contribution in [2.45, 2.75) is 51.7 Å². The molecular weight excluding hydrogens is 340 g/mol. The SMILES string of the molecule is CC(C)(C)OC(=O)N[C@@H](Cc1ccc2c(c1)CCc1ccccc1-2)C(N)=O. The highest BCUT2D eigenvalue weighted by atomic mass is 16.6. The van der Waals surface area contributed by atoms with E-state index in [0.29, 0.717) is 6.42 Å². The Morgan fingerprint density at radius 3 is 2.44 bits per heavy atom. The molecule has 3 rings (SSSR count). The quantitative estimate of drug-likeness (QED) is 0.870. The van der Waals surface area contributed by atoms with E-state index in [-0.39, 0.29) is 0 Å². The zero-order valence-electron chi connectivity index (χ0n) is 16.0. The Hall–Kier alpha value is -2.82. The first-order valence-corrected chi connectivity index (χ1v) is 9.22. The summed E-state index contributed by atoms with van der Waals surface area (Å²) in [6, 6.07) is 13.8. The average Bonchev–Trinajstić information content (AvgIpc) is 2.59. The average molecular weight is 366 g/mol. The summed E-state index contributed by atoms with van der Waals surface area (Å²) in [6.07, 6.45) is 1.66. The molecule has 0 saturated carbocycles. The number of nitrogens with one attached hydrogen (secondary N) is 1. The van der Waals surface area contributed by atoms with E-state index in [9.17, 15) is 9.59 Å². The van der Waals surface area contributed by atoms with Crippen LogP contribution in [0, 0.1) is 0 Å². The summed E-state index contributed by atoms with van der Waals surface area (Å²) < 4.78 is 5.23. The van der Waals surface area contributed by atoms with Crippen molar-refractivity contribution >= 4 is 12.0 Å². The lowest BCUT2D eigenvalue weighted by molar-refractivity contribution is -0.120. The first kappa shape index (κ1) is 19.0. The summed E-state index contributed by atoms with van der Waals surface area (Å²) in [4.78, 5) is 23.8. The number of benzene rings is 2. The second-order valence-electron chi connectivity index (χ2n) is 7.95. The van der Waals surface area contributed by atoms with Gasteiger partial charge in [0.2, 0.25) is 5.91 Å². The monoisotopic (exact) mass is 366 g/mol. The molecule has 1 atom stereocenters. The van der Waals surface area contributed by atoms with Crippen molar-refractivity contribution in [3.63, 3.8) is 0 Å². The number of hydrogen-bond acceptors (Lipinski definition) is 3. The van der Waals surface area contributed by atoms with Gasteiger partial charge < -0.3 is 15.8 Å². The van der Waals surface area contributed by atoms with E-state index >= 15 is 0 Å². The van der Waals surface area contributed by atoms with Gasteiger partial charge in [-0.15, -0.1) is 0 Å². The van der Waals surface area contributed by atoms with Crippen molar-refractivity contribution in [1.82, 2.24) is 5.32 Å². The molecule has 0 fully saturated rings. The van der Waals surface area contributed by atoms with Crippen LogP contribution in [0.5, 0.6) is 0 Å². The number of fused-ring (bicyclic) bond motifs is 3. The summed E-state index contributed by atoms with van der Waals surface area (Å²) in [7, 11) is 0. The van der Waals surface area contributed by atoms with E-state index in [1.54, 1.807) is 20.8 Å². The molecule has 1 aliphatic rings. The van der Waals surface area contributed by atoms with Crippen LogP contribution in [-0.4, -0.2) is 23.6 Å². The van der Waals surface area contributed by atoms with E-state index in [1.807, 2.05) is 6.07 Å². The zero-order valence-corrected chi connectivity index (χ0v) is 16.0. The van der Waals surface area contributed by atoms with Gasteiger partial charge >= 0.3 is 6.09 Å². The Balaban J connectivity index is 1.77. The van der Waals surface area contributed by atoms with Crippen LogP contribution >= 0.6 is 0 Å². The summed E-state index contributed by atoms with van der Waals surface area (Å²) in [5.74, 6) is -0.580. The topological polar surface area (TPSA) is 81.4 Å². The van der Waals surface area contributed by atoms with Crippen molar-refractivity contribution < 1.29 is 14.3 Å². The fraction of sp³-hybridized carbons (Fsp3) is 0.364. The van der Waals surface area contributed by atoms with Crippen molar-refractivity contribution in [3.8, 4) is 11.1 Å². The molecule has 0 unspecified atom stereocenters. The van der Waals surface area contributed by atoms with E-state index in [4.69, 9.17) is 10.5 Å². The van der Waals surface area contributed by atoms with Gasteiger partial charge in [0, 0.05) is 6.42 Å². The number of amides is 2. The van der Waals surface area contributed by atoms with E-state index < -0.39 is 23.6 Å². The first-order chi connectivity index (χ1) is 12.7. The van der Waals surface area contributed by atoms with Crippen LogP contribution in [0.15, 0.2) is 42.5 Å². The van der Waals surface area contributed by atoms with Gasteiger partial charge in [-0.1, -0.05) is 42.5 Å². The van der Waals surface area contributed by atoms with Gasteiger partial charge in [-0.05, 0) is 61.4 Å². The number of aryl methyl sites for hydroxylation is 2. The number of nitrogens with two attached hydrogens (primary N) is 1. The molecule has 2 amide bonds. The minimum absolute atomic E-state index is 0.337. The Labute approximate surface area is 159 Å². The molecule has 2 aromatic carbocycles. The number of rotatable bonds is 4. The fourth-order valence-electron chi connectivity index (χ4n) is 3.42. The molecule has 3 N–H and O–H groups in total. The lowest BCUT2D eigenvalue weighted by atomic mass is 9.84. The molecule has 0 aromatic heterocycles. The maximum atomic E-state index is 12.0. The van der Waals surface area contributed by atoms with Crippen LogP contribution in [0.3, 0.4) is 0 Å². The van der Waals surface area contributed by atoms with E-state index in [1.165, 1.54) is 22.3 Å². The minimum Gasteiger partial charge on any atom is -0.444 e. The molecule has 27 heavy (non-hydrogen) atoms. The number of alkyl carbamates (subject to hydrolysis) is 1. The highest BCUT2D eigenvalue weighted by molar-refractivity contribution is 5.84. The second-order valence-corrected chi connectivity index (χ2v) is 7.95. The summed E-state index contributed by atoms with van der Waals surface area (Å²) in [5.41, 5.74) is 10.9. The lowest BCUT2D eigenvalue weighted by Crippen LogP contribution is -2.47. The maximum Gasteiger partial charge on any atom is 0.408 e. The molecule has 0 saturated heterocycles. The zero-order chi connectivity index (χ0) is 19.6. The Bertz CT molecular complexity index is 868. The van der Waals surface area contributed by atoms with Gasteiger partial charge in [-0.25, -0.2) is 4.79 Å². The molecular formula is C22H26N2O3. The Kier molecular flexibility index (Phi) is 5.22. The smallest absolute Gasteiger partial charge is 0.408 e. The maximum absolute atomic E-state index is 12.0. The molecule has 5 nitrogen and oxygen atoms in total. The molecule has 142 valence electrons. The van der Waals surface area contributed by atoms with Crippen LogP contribution in [-0.2, 0) is 28.8 Å². The first-order valence-electron chi connectivity index (χ1n) is 9.22. The van der Waals surface area contributed by atoms with Crippen LogP contribution in [0.4, 0.5) is 4.79 Å². The van der Waals surface area contributed by atoms with Crippen molar-refractivity contribution in [2.24, 2.45) is 5.73 Å². The largest absolute Gasteiger partial charge is 0.444 e. The predicted octanol–water partition coefficient (Wildman–Crippen LogP) is 3.37. The number of ether oxygens (including phenoxy) is 1. The van der Waals surface area contributed by atoms with Crippen molar-refractivity contribution in [1.29, 1.82) is 0 Å². The Morgan fingerprint density at radius 2 is 1.74 bits per heavy atom. The normalized spacial score (nSPS) is 13.9. The summed E-state index contributed by atoms with van der Waals surface area (Å²) >= 11 is 0. The number of carbonyl (C=O) groups excluding carboxylic acids is 2. The van der Waals surface area contributed by atoms with Gasteiger partial charge in [-0.2, -0.15) is 0 Å². The third kappa shape index (κ3) is 4.67. The van der Waals surface area contributed by atoms with Gasteiger partial charge in [0.15, 0.2) is 0 Å². The van der Waals surface area contributed by atoms with E-state index in [0.717, 1.165) is 18.4 Å². The molecule has 0 bridgehead atoms. The van der Waals surface area contributed by atoms with E-state index in [2.05, 4.69) is 41.7 Å². The van der Waals surface area contributed by atoms with Crippen LogP contribution in [0.1, 0.15) is 37.5 Å². The van der Waals surface area contributed by atoms with Gasteiger partial charge in [-0.3, -0.25) is 4.79 Å². The number of carbonyl (C=O) groups is 2. The number of primary amides is 1. The standard InChI is InChI=1S/C22H26N2O3/c1-22(2,3)27-21(26)24-19(20(23)25)13-14-8-11-18-16(12-14)10-9-15-6-4-5-7-17(15)18/h4-8,11-12,19H,9-10,13H2,1-3H3,(H2,23,25)(H,24,26)/t19-/m0/s1. The molecule has 0 spiro atoms. The second kappa shape index (κ2) is 7.43. The van der Waals surface area contributed by atoms with Gasteiger partial charge in [0.05, 0.1) is 0 Å². The highest BCUT2D eigenvalue weighted by Gasteiger charge is 2.24. The van der Waals surface area contributed by atoms with Crippen molar-refractivity contribution in [2.75, 3.05) is 0 Å². The summed E-state index contributed by atoms with van der Waals surface area (Å²) in [6.45, 7) is 5.31. The van der Waals surface area contributed by atoms with Crippen LogP contribution in [0.2, 0.25) is 0 Å². The predicted molar refractivity (Wildman–Crippen MR) is 105 cm³/mol. The Morgan fingerprint density at radius 1 is 1.07 bits per heavy atom. The number of hydrogen-bond donors (Lipinski definition) is 2. The third-order valence-electron chi connectivity index (χ3n) is 4.62. The molecule has 2 aromatic rings. The van der Waals surface area contributed by atoms with Crippen LogP contribution < -0.4 is 11.1 Å². The third-order valence-corrected chi connectivity index (χ3v) is 4.62. The molecule has 1 aliphatic carbocycles.